The molecule has 0 saturated heterocycles. The maximum absolute atomic E-state index is 9.71. The van der Waals surface area contributed by atoms with Crippen molar-refractivity contribution in [3.8, 4) is 0 Å². The molecule has 0 amide bonds. The third-order valence-electron chi connectivity index (χ3n) is 7.63. The molecular formula is C17H28O. The van der Waals surface area contributed by atoms with Gasteiger partial charge in [-0.3, -0.25) is 0 Å². The average molecular weight is 248 g/mol. The first kappa shape index (κ1) is 11.8. The Bertz CT molecular complexity index is 350. The summed E-state index contributed by atoms with van der Waals surface area (Å²) in [5, 5.41) is 9.71. The third kappa shape index (κ3) is 1.32. The van der Waals surface area contributed by atoms with Crippen molar-refractivity contribution in [2.24, 2.45) is 53.3 Å². The van der Waals surface area contributed by atoms with E-state index >= 15 is 0 Å². The van der Waals surface area contributed by atoms with Crippen molar-refractivity contribution in [1.82, 2.24) is 0 Å². The molecular weight excluding hydrogens is 220 g/mol. The largest absolute Gasteiger partial charge is 0.393 e. The minimum atomic E-state index is -0.0808. The molecule has 102 valence electrons. The van der Waals surface area contributed by atoms with Gasteiger partial charge in [-0.05, 0) is 85.9 Å². The second kappa shape index (κ2) is 3.75. The van der Waals surface area contributed by atoms with E-state index in [0.29, 0.717) is 0 Å². The summed E-state index contributed by atoms with van der Waals surface area (Å²) in [6.45, 7) is 7.01. The van der Waals surface area contributed by atoms with Gasteiger partial charge < -0.3 is 5.11 Å². The number of aliphatic hydroxyl groups excluding tert-OH is 1. The van der Waals surface area contributed by atoms with Crippen molar-refractivity contribution in [1.29, 1.82) is 0 Å². The summed E-state index contributed by atoms with van der Waals surface area (Å²) >= 11 is 0. The van der Waals surface area contributed by atoms with Crippen LogP contribution in [0.3, 0.4) is 0 Å². The molecule has 4 bridgehead atoms. The van der Waals surface area contributed by atoms with Crippen LogP contribution in [0.15, 0.2) is 0 Å². The van der Waals surface area contributed by atoms with E-state index in [-0.39, 0.29) is 6.10 Å². The molecule has 0 spiro atoms. The van der Waals surface area contributed by atoms with Crippen molar-refractivity contribution in [3.05, 3.63) is 0 Å². The Morgan fingerprint density at radius 1 is 0.944 bits per heavy atom. The molecule has 1 heteroatoms. The average Bonchev–Trinajstić information content (AvgIpc) is 2.97. The zero-order valence-electron chi connectivity index (χ0n) is 12.0. The topological polar surface area (TPSA) is 20.2 Å². The lowest BCUT2D eigenvalue weighted by molar-refractivity contribution is 0.0312. The van der Waals surface area contributed by atoms with Gasteiger partial charge in [-0.25, -0.2) is 0 Å². The van der Waals surface area contributed by atoms with Gasteiger partial charge in [0.2, 0.25) is 0 Å². The van der Waals surface area contributed by atoms with Crippen LogP contribution in [0.1, 0.15) is 46.5 Å². The quantitative estimate of drug-likeness (QED) is 0.741. The van der Waals surface area contributed by atoms with Gasteiger partial charge in [0.05, 0.1) is 6.10 Å². The summed E-state index contributed by atoms with van der Waals surface area (Å²) < 4.78 is 0. The van der Waals surface area contributed by atoms with E-state index < -0.39 is 0 Å². The van der Waals surface area contributed by atoms with E-state index in [9.17, 15) is 5.11 Å². The first-order valence-electron chi connectivity index (χ1n) is 8.26. The highest BCUT2D eigenvalue weighted by Crippen LogP contribution is 2.71. The summed E-state index contributed by atoms with van der Waals surface area (Å²) in [6, 6.07) is 0. The lowest BCUT2D eigenvalue weighted by Crippen LogP contribution is -2.39. The van der Waals surface area contributed by atoms with Crippen LogP contribution in [-0.2, 0) is 0 Å². The van der Waals surface area contributed by atoms with Crippen LogP contribution < -0.4 is 0 Å². The minimum Gasteiger partial charge on any atom is -0.393 e. The summed E-state index contributed by atoms with van der Waals surface area (Å²) in [6.07, 6.45) is 5.50. The molecule has 0 radical (unpaired) electrons. The summed E-state index contributed by atoms with van der Waals surface area (Å²) in [7, 11) is 0. The fourth-order valence-corrected chi connectivity index (χ4v) is 7.07. The number of hydrogen-bond donors (Lipinski definition) is 1. The van der Waals surface area contributed by atoms with E-state index in [1.807, 2.05) is 6.92 Å². The second-order valence-corrected chi connectivity index (χ2v) is 8.18. The Hall–Kier alpha value is -0.0400. The zero-order chi connectivity index (χ0) is 12.6. The van der Waals surface area contributed by atoms with E-state index in [2.05, 4.69) is 13.8 Å². The van der Waals surface area contributed by atoms with Crippen molar-refractivity contribution in [3.63, 3.8) is 0 Å². The van der Waals surface area contributed by atoms with Gasteiger partial charge in [-0.1, -0.05) is 13.8 Å². The van der Waals surface area contributed by atoms with Gasteiger partial charge in [-0.15, -0.1) is 0 Å². The molecule has 0 aliphatic heterocycles. The summed E-state index contributed by atoms with van der Waals surface area (Å²) in [5.41, 5.74) is 0. The predicted octanol–water partition coefficient (Wildman–Crippen LogP) is 3.57. The summed E-state index contributed by atoms with van der Waals surface area (Å²) in [4.78, 5) is 0. The second-order valence-electron chi connectivity index (χ2n) is 8.18. The van der Waals surface area contributed by atoms with Gasteiger partial charge in [0, 0.05) is 0 Å². The van der Waals surface area contributed by atoms with Gasteiger partial charge in [0.1, 0.15) is 0 Å². The monoisotopic (exact) mass is 248 g/mol. The molecule has 0 aromatic heterocycles. The number of rotatable bonds is 2. The fourth-order valence-electron chi connectivity index (χ4n) is 7.07. The van der Waals surface area contributed by atoms with Crippen LogP contribution in [0.5, 0.6) is 0 Å². The zero-order valence-corrected chi connectivity index (χ0v) is 12.0. The van der Waals surface area contributed by atoms with E-state index in [4.69, 9.17) is 0 Å². The highest BCUT2D eigenvalue weighted by atomic mass is 16.3. The molecule has 4 fully saturated rings. The van der Waals surface area contributed by atoms with Crippen LogP contribution in [0, 0.1) is 53.3 Å². The Balaban J connectivity index is 1.58. The van der Waals surface area contributed by atoms with Crippen LogP contribution >= 0.6 is 0 Å². The Labute approximate surface area is 111 Å². The van der Waals surface area contributed by atoms with Crippen LogP contribution in [-0.4, -0.2) is 11.2 Å². The fraction of sp³-hybridized carbons (Fsp3) is 1.00. The van der Waals surface area contributed by atoms with Crippen LogP contribution in [0.25, 0.3) is 0 Å². The highest BCUT2D eigenvalue weighted by Gasteiger charge is 2.65. The molecule has 18 heavy (non-hydrogen) atoms. The highest BCUT2D eigenvalue weighted by molar-refractivity contribution is 5.13. The molecule has 4 rings (SSSR count). The maximum Gasteiger partial charge on any atom is 0.0514 e. The predicted molar refractivity (Wildman–Crippen MR) is 72.9 cm³/mol. The smallest absolute Gasteiger partial charge is 0.0514 e. The third-order valence-corrected chi connectivity index (χ3v) is 7.63. The van der Waals surface area contributed by atoms with E-state index in [1.54, 1.807) is 6.42 Å². The molecule has 4 aliphatic rings. The normalized spacial score (nSPS) is 62.3. The molecule has 0 aromatic carbocycles. The van der Waals surface area contributed by atoms with Crippen molar-refractivity contribution < 1.29 is 5.11 Å². The Kier molecular flexibility index (Phi) is 2.45. The number of hydrogen-bond acceptors (Lipinski definition) is 1. The van der Waals surface area contributed by atoms with Gasteiger partial charge >= 0.3 is 0 Å². The van der Waals surface area contributed by atoms with Gasteiger partial charge in [-0.2, -0.15) is 0 Å². The van der Waals surface area contributed by atoms with Crippen LogP contribution in [0.2, 0.25) is 0 Å². The Morgan fingerprint density at radius 2 is 1.61 bits per heavy atom. The molecule has 4 saturated carbocycles. The van der Waals surface area contributed by atoms with Crippen LogP contribution in [0.4, 0.5) is 0 Å². The lowest BCUT2D eigenvalue weighted by Gasteiger charge is -2.43. The van der Waals surface area contributed by atoms with E-state index in [0.717, 1.165) is 59.7 Å². The molecule has 0 heterocycles. The maximum atomic E-state index is 9.71. The first-order chi connectivity index (χ1) is 8.58. The van der Waals surface area contributed by atoms with Gasteiger partial charge in [0.15, 0.2) is 0 Å². The van der Waals surface area contributed by atoms with Crippen molar-refractivity contribution in [2.45, 2.75) is 52.6 Å². The molecule has 0 aromatic rings. The minimum absolute atomic E-state index is 0.0808. The standard InChI is InChI=1S/C17H28O/c1-8(18)4-11-5-12-6-15(11)17-14-7-13(16(12)17)9(2)10(14)3/h8-18H,4-7H2,1-3H3. The molecule has 4 aliphatic carbocycles. The number of aliphatic hydroxyl groups is 1. The molecule has 1 N–H and O–H groups in total. The SMILES string of the molecule is CC(O)CC1CC2CC1C1C3CC(C(C)C3C)C21. The van der Waals surface area contributed by atoms with Gasteiger partial charge in [0.25, 0.3) is 0 Å². The number of fused-ring (bicyclic) bond motifs is 9. The molecule has 10 unspecified atom stereocenters. The van der Waals surface area contributed by atoms with E-state index in [1.165, 1.54) is 12.8 Å². The van der Waals surface area contributed by atoms with Crippen molar-refractivity contribution >= 4 is 0 Å². The summed E-state index contributed by atoms with van der Waals surface area (Å²) in [5.74, 6) is 9.11. The van der Waals surface area contributed by atoms with Crippen molar-refractivity contribution in [2.75, 3.05) is 0 Å². The lowest BCUT2D eigenvalue weighted by atomic mass is 9.61. The first-order valence-corrected chi connectivity index (χ1v) is 8.26. The molecule has 1 nitrogen and oxygen atoms in total. The molecule has 10 atom stereocenters. The Morgan fingerprint density at radius 3 is 2.28 bits per heavy atom.